The molecule has 0 atom stereocenters. The summed E-state index contributed by atoms with van der Waals surface area (Å²) in [6, 6.07) is 8.81. The quantitative estimate of drug-likeness (QED) is 0.904. The Bertz CT molecular complexity index is 711. The molecule has 0 saturated heterocycles. The molecule has 0 unspecified atom stereocenters. The van der Waals surface area contributed by atoms with Crippen LogP contribution in [0.2, 0.25) is 0 Å². The number of hydrogen-bond donors (Lipinski definition) is 1. The third-order valence-corrected chi connectivity index (χ3v) is 3.73. The van der Waals surface area contributed by atoms with Crippen LogP contribution in [0.4, 0.5) is 15.9 Å². The van der Waals surface area contributed by atoms with Crippen LogP contribution in [0.15, 0.2) is 24.3 Å². The van der Waals surface area contributed by atoms with Gasteiger partial charge in [-0.3, -0.25) is 0 Å². The zero-order valence-corrected chi connectivity index (χ0v) is 11.9. The second kappa shape index (κ2) is 5.53. The molecule has 1 aliphatic rings. The molecule has 3 nitrogen and oxygen atoms in total. The van der Waals surface area contributed by atoms with Crippen molar-refractivity contribution in [1.29, 1.82) is 5.26 Å². The first-order valence-electron chi connectivity index (χ1n) is 7.13. The Morgan fingerprint density at radius 1 is 1.19 bits per heavy atom. The van der Waals surface area contributed by atoms with E-state index in [2.05, 4.69) is 16.4 Å². The number of anilines is 2. The fourth-order valence-corrected chi connectivity index (χ4v) is 2.76. The summed E-state index contributed by atoms with van der Waals surface area (Å²) in [5.41, 5.74) is 4.17. The van der Waals surface area contributed by atoms with Gasteiger partial charge in [-0.1, -0.05) is 0 Å². The van der Waals surface area contributed by atoms with Gasteiger partial charge >= 0.3 is 0 Å². The molecule has 1 aromatic heterocycles. The van der Waals surface area contributed by atoms with E-state index < -0.39 is 0 Å². The lowest BCUT2D eigenvalue weighted by molar-refractivity contribution is 0.627. The van der Waals surface area contributed by atoms with Crippen molar-refractivity contribution in [2.75, 3.05) is 5.32 Å². The summed E-state index contributed by atoms with van der Waals surface area (Å²) in [7, 11) is 0. The van der Waals surface area contributed by atoms with Crippen molar-refractivity contribution in [1.82, 2.24) is 4.98 Å². The molecule has 0 amide bonds. The lowest BCUT2D eigenvalue weighted by atomic mass is 9.95. The van der Waals surface area contributed by atoms with Gasteiger partial charge in [0.15, 0.2) is 0 Å². The van der Waals surface area contributed by atoms with Gasteiger partial charge in [0.1, 0.15) is 17.7 Å². The van der Waals surface area contributed by atoms with Crippen molar-refractivity contribution in [2.24, 2.45) is 0 Å². The standard InChI is InChI=1S/C17H16FN3/c1-11-6-14(18)9-15(7-11)20-17-13(10-19)8-12-4-2-3-5-16(12)21-17/h6-9H,2-5H2,1H3,(H,20,21). The van der Waals surface area contributed by atoms with Crippen LogP contribution in [-0.2, 0) is 12.8 Å². The fraction of sp³-hybridized carbons (Fsp3) is 0.294. The number of nitrogens with zero attached hydrogens (tertiary/aromatic N) is 2. The highest BCUT2D eigenvalue weighted by atomic mass is 19.1. The summed E-state index contributed by atoms with van der Waals surface area (Å²) in [5.74, 6) is 0.220. The molecule has 0 aliphatic heterocycles. The number of rotatable bonds is 2. The number of halogens is 1. The predicted octanol–water partition coefficient (Wildman–Crippen LogP) is 4.02. The monoisotopic (exact) mass is 281 g/mol. The first kappa shape index (κ1) is 13.6. The minimum Gasteiger partial charge on any atom is -0.339 e. The number of nitriles is 1. The van der Waals surface area contributed by atoms with Crippen LogP contribution >= 0.6 is 0 Å². The zero-order chi connectivity index (χ0) is 14.8. The molecule has 0 fully saturated rings. The number of aromatic nitrogens is 1. The van der Waals surface area contributed by atoms with Crippen LogP contribution in [0.5, 0.6) is 0 Å². The van der Waals surface area contributed by atoms with Crippen LogP contribution in [0.25, 0.3) is 0 Å². The van der Waals surface area contributed by atoms with Gasteiger partial charge in [-0.05, 0) is 68.0 Å². The molecule has 4 heteroatoms. The normalized spacial score (nSPS) is 13.4. The fourth-order valence-electron chi connectivity index (χ4n) is 2.76. The SMILES string of the molecule is Cc1cc(F)cc(Nc2nc3c(cc2C#N)CCCC3)c1. The number of fused-ring (bicyclic) bond motifs is 1. The second-order valence-electron chi connectivity index (χ2n) is 5.45. The first-order valence-corrected chi connectivity index (χ1v) is 7.13. The van der Waals surface area contributed by atoms with Crippen molar-refractivity contribution in [3.8, 4) is 6.07 Å². The van der Waals surface area contributed by atoms with Gasteiger partial charge in [0, 0.05) is 11.4 Å². The van der Waals surface area contributed by atoms with E-state index in [0.717, 1.165) is 36.9 Å². The Balaban J connectivity index is 1.99. The second-order valence-corrected chi connectivity index (χ2v) is 5.45. The molecule has 0 bridgehead atoms. The van der Waals surface area contributed by atoms with Crippen LogP contribution in [-0.4, -0.2) is 4.98 Å². The van der Waals surface area contributed by atoms with E-state index >= 15 is 0 Å². The number of pyridine rings is 1. The zero-order valence-electron chi connectivity index (χ0n) is 11.9. The molecule has 0 spiro atoms. The van der Waals surface area contributed by atoms with Gasteiger partial charge in [-0.15, -0.1) is 0 Å². The smallest absolute Gasteiger partial charge is 0.148 e. The van der Waals surface area contributed by atoms with Gasteiger partial charge in [0.25, 0.3) is 0 Å². The average Bonchev–Trinajstić information content (AvgIpc) is 2.45. The van der Waals surface area contributed by atoms with Gasteiger partial charge < -0.3 is 5.32 Å². The van der Waals surface area contributed by atoms with E-state index in [4.69, 9.17) is 0 Å². The maximum absolute atomic E-state index is 13.5. The summed E-state index contributed by atoms with van der Waals surface area (Å²) in [6.07, 6.45) is 4.20. The molecular formula is C17H16FN3. The summed E-state index contributed by atoms with van der Waals surface area (Å²) in [4.78, 5) is 4.58. The topological polar surface area (TPSA) is 48.7 Å². The van der Waals surface area contributed by atoms with Crippen molar-refractivity contribution in [3.05, 3.63) is 52.5 Å². The van der Waals surface area contributed by atoms with E-state index in [0.29, 0.717) is 17.1 Å². The lowest BCUT2D eigenvalue weighted by Gasteiger charge is -2.17. The molecule has 0 saturated carbocycles. The number of hydrogen-bond acceptors (Lipinski definition) is 3. The minimum absolute atomic E-state index is 0.297. The Hall–Kier alpha value is -2.41. The van der Waals surface area contributed by atoms with Crippen LogP contribution in [0.1, 0.15) is 35.2 Å². The Morgan fingerprint density at radius 3 is 2.76 bits per heavy atom. The molecule has 1 heterocycles. The summed E-state index contributed by atoms with van der Waals surface area (Å²) < 4.78 is 13.5. The Labute approximate surface area is 123 Å². The maximum Gasteiger partial charge on any atom is 0.148 e. The van der Waals surface area contributed by atoms with E-state index in [9.17, 15) is 9.65 Å². The van der Waals surface area contributed by atoms with Crippen molar-refractivity contribution >= 4 is 11.5 Å². The molecule has 106 valence electrons. The molecule has 1 aromatic carbocycles. The van der Waals surface area contributed by atoms with Gasteiger partial charge in [0.2, 0.25) is 0 Å². The number of aryl methyl sites for hydroxylation is 3. The van der Waals surface area contributed by atoms with E-state index in [1.165, 1.54) is 17.7 Å². The van der Waals surface area contributed by atoms with Crippen molar-refractivity contribution in [3.63, 3.8) is 0 Å². The average molecular weight is 281 g/mol. The Morgan fingerprint density at radius 2 is 2.00 bits per heavy atom. The molecule has 1 aliphatic carbocycles. The van der Waals surface area contributed by atoms with Gasteiger partial charge in [0.05, 0.1) is 5.56 Å². The largest absolute Gasteiger partial charge is 0.339 e. The van der Waals surface area contributed by atoms with Gasteiger partial charge in [-0.25, -0.2) is 9.37 Å². The highest BCUT2D eigenvalue weighted by Gasteiger charge is 2.15. The molecule has 2 aromatic rings. The van der Waals surface area contributed by atoms with Gasteiger partial charge in [-0.2, -0.15) is 5.26 Å². The molecule has 0 radical (unpaired) electrons. The molecular weight excluding hydrogens is 265 g/mol. The highest BCUT2D eigenvalue weighted by molar-refractivity contribution is 5.64. The van der Waals surface area contributed by atoms with Crippen LogP contribution in [0, 0.1) is 24.1 Å². The summed E-state index contributed by atoms with van der Waals surface area (Å²) in [5, 5.41) is 12.4. The molecule has 1 N–H and O–H groups in total. The number of nitrogens with one attached hydrogen (secondary N) is 1. The third-order valence-electron chi connectivity index (χ3n) is 3.73. The maximum atomic E-state index is 13.5. The molecule has 21 heavy (non-hydrogen) atoms. The highest BCUT2D eigenvalue weighted by Crippen LogP contribution is 2.26. The van der Waals surface area contributed by atoms with Crippen LogP contribution < -0.4 is 5.32 Å². The summed E-state index contributed by atoms with van der Waals surface area (Å²) in [6.45, 7) is 1.83. The Kier molecular flexibility index (Phi) is 3.57. The molecule has 3 rings (SSSR count). The lowest BCUT2D eigenvalue weighted by Crippen LogP contribution is -2.09. The number of benzene rings is 1. The van der Waals surface area contributed by atoms with E-state index in [1.54, 1.807) is 0 Å². The van der Waals surface area contributed by atoms with Crippen molar-refractivity contribution < 1.29 is 4.39 Å². The first-order chi connectivity index (χ1) is 10.2. The minimum atomic E-state index is -0.297. The third kappa shape index (κ3) is 2.87. The van der Waals surface area contributed by atoms with E-state index in [1.807, 2.05) is 19.1 Å². The van der Waals surface area contributed by atoms with E-state index in [-0.39, 0.29) is 5.82 Å². The summed E-state index contributed by atoms with van der Waals surface area (Å²) >= 11 is 0. The van der Waals surface area contributed by atoms with Crippen molar-refractivity contribution in [2.45, 2.75) is 32.6 Å². The van der Waals surface area contributed by atoms with Crippen LogP contribution in [0.3, 0.4) is 0 Å². The predicted molar refractivity (Wildman–Crippen MR) is 80.0 cm³/mol.